The van der Waals surface area contributed by atoms with Gasteiger partial charge in [-0.1, -0.05) is 0 Å². The summed E-state index contributed by atoms with van der Waals surface area (Å²) in [6.45, 7) is 0.870. The highest BCUT2D eigenvalue weighted by Gasteiger charge is 2.25. The first kappa shape index (κ1) is 8.29. The number of aryl methyl sites for hydroxylation is 1. The van der Waals surface area contributed by atoms with E-state index in [1.807, 2.05) is 6.20 Å². The SMILES string of the molecule is COC(=O)[C@H]1CCn2ccnc2C1. The van der Waals surface area contributed by atoms with Crippen molar-refractivity contribution in [2.75, 3.05) is 7.11 Å². The molecule has 4 nitrogen and oxygen atoms in total. The molecule has 1 aliphatic rings. The molecule has 1 aromatic heterocycles. The number of imidazole rings is 1. The normalized spacial score (nSPS) is 20.8. The number of ether oxygens (including phenoxy) is 1. The van der Waals surface area contributed by atoms with Crippen LogP contribution in [0.5, 0.6) is 0 Å². The van der Waals surface area contributed by atoms with Crippen LogP contribution in [-0.2, 0) is 22.5 Å². The fraction of sp³-hybridized carbons (Fsp3) is 0.556. The van der Waals surface area contributed by atoms with Crippen molar-refractivity contribution in [3.8, 4) is 0 Å². The van der Waals surface area contributed by atoms with E-state index in [2.05, 4.69) is 9.55 Å². The van der Waals surface area contributed by atoms with E-state index in [-0.39, 0.29) is 11.9 Å². The molecule has 1 aliphatic heterocycles. The van der Waals surface area contributed by atoms with Crippen LogP contribution in [-0.4, -0.2) is 22.6 Å². The second kappa shape index (κ2) is 3.20. The molecule has 0 unspecified atom stereocenters. The van der Waals surface area contributed by atoms with Crippen LogP contribution < -0.4 is 0 Å². The Morgan fingerprint density at radius 1 is 1.77 bits per heavy atom. The lowest BCUT2D eigenvalue weighted by Crippen LogP contribution is -2.26. The lowest BCUT2D eigenvalue weighted by atomic mass is 9.98. The van der Waals surface area contributed by atoms with Gasteiger partial charge in [0.1, 0.15) is 5.82 Å². The summed E-state index contributed by atoms with van der Waals surface area (Å²) in [5.74, 6) is 0.871. The first-order chi connectivity index (χ1) is 6.31. The molecule has 0 aromatic carbocycles. The maximum atomic E-state index is 11.2. The van der Waals surface area contributed by atoms with E-state index >= 15 is 0 Å². The molecule has 70 valence electrons. The molecule has 1 aromatic rings. The monoisotopic (exact) mass is 180 g/mol. The molecule has 0 fully saturated rings. The summed E-state index contributed by atoms with van der Waals surface area (Å²) in [4.78, 5) is 15.4. The number of carbonyl (C=O) groups is 1. The minimum absolute atomic E-state index is 0.0000926. The van der Waals surface area contributed by atoms with Crippen molar-refractivity contribution in [1.29, 1.82) is 0 Å². The van der Waals surface area contributed by atoms with Gasteiger partial charge in [-0.3, -0.25) is 4.79 Å². The number of rotatable bonds is 1. The van der Waals surface area contributed by atoms with Crippen LogP contribution in [0, 0.1) is 5.92 Å². The number of hydrogen-bond donors (Lipinski definition) is 0. The van der Waals surface area contributed by atoms with E-state index in [4.69, 9.17) is 4.74 Å². The topological polar surface area (TPSA) is 44.1 Å². The molecule has 4 heteroatoms. The Bertz CT molecular complexity index is 319. The minimum Gasteiger partial charge on any atom is -0.469 e. The molecule has 2 heterocycles. The maximum absolute atomic E-state index is 11.2. The maximum Gasteiger partial charge on any atom is 0.309 e. The standard InChI is InChI=1S/C9H12N2O2/c1-13-9(12)7-2-4-11-5-3-10-8(11)6-7/h3,5,7H,2,4,6H2,1H3/t7-/m0/s1. The number of aromatic nitrogens is 2. The number of carbonyl (C=O) groups excluding carboxylic acids is 1. The summed E-state index contributed by atoms with van der Waals surface area (Å²) >= 11 is 0. The van der Waals surface area contributed by atoms with Crippen LogP contribution in [0.3, 0.4) is 0 Å². The van der Waals surface area contributed by atoms with Gasteiger partial charge >= 0.3 is 5.97 Å². The quantitative estimate of drug-likeness (QED) is 0.595. The molecule has 0 amide bonds. The van der Waals surface area contributed by atoms with E-state index < -0.39 is 0 Å². The molecular formula is C9H12N2O2. The van der Waals surface area contributed by atoms with Crippen molar-refractivity contribution in [2.24, 2.45) is 5.92 Å². The van der Waals surface area contributed by atoms with Crippen molar-refractivity contribution in [2.45, 2.75) is 19.4 Å². The molecule has 0 bridgehead atoms. The molecule has 0 aliphatic carbocycles. The van der Waals surface area contributed by atoms with Crippen molar-refractivity contribution in [3.05, 3.63) is 18.2 Å². The van der Waals surface area contributed by atoms with Gasteiger partial charge in [0.2, 0.25) is 0 Å². The van der Waals surface area contributed by atoms with Crippen LogP contribution in [0.15, 0.2) is 12.4 Å². The Balaban J connectivity index is 2.13. The lowest BCUT2D eigenvalue weighted by Gasteiger charge is -2.20. The first-order valence-electron chi connectivity index (χ1n) is 4.39. The van der Waals surface area contributed by atoms with Crippen molar-refractivity contribution in [3.63, 3.8) is 0 Å². The molecular weight excluding hydrogens is 168 g/mol. The molecule has 13 heavy (non-hydrogen) atoms. The van der Waals surface area contributed by atoms with Gasteiger partial charge < -0.3 is 9.30 Å². The summed E-state index contributed by atoms with van der Waals surface area (Å²) in [6, 6.07) is 0. The highest BCUT2D eigenvalue weighted by atomic mass is 16.5. The molecule has 0 N–H and O–H groups in total. The minimum atomic E-state index is -0.116. The Labute approximate surface area is 76.5 Å². The van der Waals surface area contributed by atoms with Crippen molar-refractivity contribution in [1.82, 2.24) is 9.55 Å². The average molecular weight is 180 g/mol. The van der Waals surface area contributed by atoms with Gasteiger partial charge in [-0.15, -0.1) is 0 Å². The van der Waals surface area contributed by atoms with Crippen LogP contribution in [0.4, 0.5) is 0 Å². The van der Waals surface area contributed by atoms with Gasteiger partial charge in [0.25, 0.3) is 0 Å². The zero-order chi connectivity index (χ0) is 9.26. The Morgan fingerprint density at radius 2 is 2.62 bits per heavy atom. The van der Waals surface area contributed by atoms with Crippen LogP contribution in [0.2, 0.25) is 0 Å². The van der Waals surface area contributed by atoms with E-state index in [1.165, 1.54) is 7.11 Å². The summed E-state index contributed by atoms with van der Waals surface area (Å²) in [7, 11) is 1.43. The Kier molecular flexibility index (Phi) is 2.04. The number of methoxy groups -OCH3 is 1. The average Bonchev–Trinajstić information content (AvgIpc) is 2.63. The first-order valence-corrected chi connectivity index (χ1v) is 4.39. The van der Waals surface area contributed by atoms with Gasteiger partial charge in [0, 0.05) is 25.4 Å². The summed E-state index contributed by atoms with van der Waals surface area (Å²) in [5.41, 5.74) is 0. The Hall–Kier alpha value is -1.32. The van der Waals surface area contributed by atoms with Gasteiger partial charge in [-0.2, -0.15) is 0 Å². The second-order valence-electron chi connectivity index (χ2n) is 3.25. The molecule has 0 saturated heterocycles. The van der Waals surface area contributed by atoms with E-state index in [9.17, 15) is 4.79 Å². The lowest BCUT2D eigenvalue weighted by molar-refractivity contribution is -0.146. The number of hydrogen-bond acceptors (Lipinski definition) is 3. The van der Waals surface area contributed by atoms with Crippen molar-refractivity contribution >= 4 is 5.97 Å². The van der Waals surface area contributed by atoms with E-state index in [0.29, 0.717) is 6.42 Å². The number of esters is 1. The fourth-order valence-electron chi connectivity index (χ4n) is 1.72. The predicted octanol–water partition coefficient (Wildman–Crippen LogP) is 0.618. The van der Waals surface area contributed by atoms with Gasteiger partial charge in [-0.05, 0) is 6.42 Å². The summed E-state index contributed by atoms with van der Waals surface area (Å²) in [5, 5.41) is 0. The van der Waals surface area contributed by atoms with Gasteiger partial charge in [-0.25, -0.2) is 4.98 Å². The third kappa shape index (κ3) is 1.43. The van der Waals surface area contributed by atoms with Crippen LogP contribution >= 0.6 is 0 Å². The third-order valence-electron chi connectivity index (χ3n) is 2.48. The highest BCUT2D eigenvalue weighted by Crippen LogP contribution is 2.19. The molecule has 2 rings (SSSR count). The summed E-state index contributed by atoms with van der Waals surface area (Å²) in [6.07, 6.45) is 5.29. The largest absolute Gasteiger partial charge is 0.469 e. The van der Waals surface area contributed by atoms with Crippen LogP contribution in [0.25, 0.3) is 0 Å². The highest BCUT2D eigenvalue weighted by molar-refractivity contribution is 5.72. The number of fused-ring (bicyclic) bond motifs is 1. The molecule has 0 spiro atoms. The summed E-state index contributed by atoms with van der Waals surface area (Å²) < 4.78 is 6.79. The van der Waals surface area contributed by atoms with Gasteiger partial charge in [0.15, 0.2) is 0 Å². The smallest absolute Gasteiger partial charge is 0.309 e. The molecule has 0 saturated carbocycles. The van der Waals surface area contributed by atoms with E-state index in [0.717, 1.165) is 18.8 Å². The second-order valence-corrected chi connectivity index (χ2v) is 3.25. The van der Waals surface area contributed by atoms with E-state index in [1.54, 1.807) is 6.20 Å². The molecule has 0 radical (unpaired) electrons. The Morgan fingerprint density at radius 3 is 3.38 bits per heavy atom. The van der Waals surface area contributed by atoms with Gasteiger partial charge in [0.05, 0.1) is 13.0 Å². The zero-order valence-electron chi connectivity index (χ0n) is 7.56. The molecule has 1 atom stereocenters. The number of nitrogens with zero attached hydrogens (tertiary/aromatic N) is 2. The van der Waals surface area contributed by atoms with Crippen molar-refractivity contribution < 1.29 is 9.53 Å². The fourth-order valence-corrected chi connectivity index (χ4v) is 1.72. The van der Waals surface area contributed by atoms with Crippen LogP contribution in [0.1, 0.15) is 12.2 Å². The zero-order valence-corrected chi connectivity index (χ0v) is 7.56. The third-order valence-corrected chi connectivity index (χ3v) is 2.48. The predicted molar refractivity (Wildman–Crippen MR) is 46.1 cm³/mol.